The summed E-state index contributed by atoms with van der Waals surface area (Å²) < 4.78 is 11.3. The monoisotopic (exact) mass is 418 g/mol. The van der Waals surface area contributed by atoms with Crippen molar-refractivity contribution in [2.45, 2.75) is 20.8 Å². The number of thiazole rings is 1. The van der Waals surface area contributed by atoms with Crippen molar-refractivity contribution < 1.29 is 19.1 Å². The van der Waals surface area contributed by atoms with E-state index in [9.17, 15) is 9.59 Å². The Morgan fingerprint density at radius 3 is 2.64 bits per heavy atom. The molecule has 0 aliphatic heterocycles. The predicted molar refractivity (Wildman–Crippen MR) is 110 cm³/mol. The number of nitrogens with zero attached hydrogens (tertiary/aromatic N) is 1. The normalized spacial score (nSPS) is 10.7. The summed E-state index contributed by atoms with van der Waals surface area (Å²) in [5.74, 6) is -0.560. The summed E-state index contributed by atoms with van der Waals surface area (Å²) in [5, 5.41) is 3.72. The third kappa shape index (κ3) is 4.99. The number of rotatable bonds is 6. The van der Waals surface area contributed by atoms with E-state index < -0.39 is 18.5 Å². The molecule has 0 radical (unpaired) electrons. The summed E-state index contributed by atoms with van der Waals surface area (Å²) in [6, 6.07) is 9.14. The van der Waals surface area contributed by atoms with Gasteiger partial charge in [-0.2, -0.15) is 0 Å². The number of amides is 1. The quantitative estimate of drug-likeness (QED) is 0.599. The number of nitrogens with one attached hydrogen (secondary N) is 1. The van der Waals surface area contributed by atoms with Gasteiger partial charge in [0.2, 0.25) is 0 Å². The highest BCUT2D eigenvalue weighted by Crippen LogP contribution is 2.29. The Bertz CT molecular complexity index is 1050. The second kappa shape index (κ2) is 8.58. The molecule has 1 N–H and O–H groups in total. The molecule has 8 heteroatoms. The van der Waals surface area contributed by atoms with Crippen LogP contribution >= 0.6 is 22.9 Å². The zero-order valence-electron chi connectivity index (χ0n) is 15.7. The molecule has 0 unspecified atom stereocenters. The first-order valence-electron chi connectivity index (χ1n) is 8.54. The number of carbonyl (C=O) groups excluding carboxylic acids is 2. The lowest BCUT2D eigenvalue weighted by Gasteiger charge is -2.09. The van der Waals surface area contributed by atoms with E-state index in [1.807, 2.05) is 32.9 Å². The van der Waals surface area contributed by atoms with Crippen molar-refractivity contribution in [3.05, 3.63) is 52.0 Å². The number of fused-ring (bicyclic) bond motifs is 1. The molecule has 0 bridgehead atoms. The fourth-order valence-electron chi connectivity index (χ4n) is 2.68. The summed E-state index contributed by atoms with van der Waals surface area (Å²) in [6.45, 7) is 5.11. The molecule has 0 spiro atoms. The minimum Gasteiger partial charge on any atom is -0.482 e. The molecule has 2 aromatic carbocycles. The number of hydrogen-bond acceptors (Lipinski definition) is 6. The van der Waals surface area contributed by atoms with Gasteiger partial charge >= 0.3 is 5.97 Å². The van der Waals surface area contributed by atoms with Gasteiger partial charge in [-0.15, -0.1) is 0 Å². The molecule has 6 nitrogen and oxygen atoms in total. The van der Waals surface area contributed by atoms with Crippen molar-refractivity contribution in [1.82, 2.24) is 4.98 Å². The van der Waals surface area contributed by atoms with Gasteiger partial charge in [0.15, 0.2) is 18.3 Å². The van der Waals surface area contributed by atoms with Crippen LogP contribution in [-0.4, -0.2) is 30.1 Å². The maximum atomic E-state index is 12.0. The van der Waals surface area contributed by atoms with E-state index in [1.165, 1.54) is 11.3 Å². The zero-order chi connectivity index (χ0) is 20.3. The highest BCUT2D eigenvalue weighted by Gasteiger charge is 2.13. The van der Waals surface area contributed by atoms with Gasteiger partial charge in [-0.3, -0.25) is 10.1 Å². The summed E-state index contributed by atoms with van der Waals surface area (Å²) in [6.07, 6.45) is 0. The number of carbonyl (C=O) groups is 2. The fraction of sp³-hybridized carbons (Fsp3) is 0.250. The Kier molecular flexibility index (Phi) is 6.16. The lowest BCUT2D eigenvalue weighted by Crippen LogP contribution is -2.23. The Labute approximate surface area is 171 Å². The first-order chi connectivity index (χ1) is 13.3. The van der Waals surface area contributed by atoms with Crippen molar-refractivity contribution in [2.75, 3.05) is 18.5 Å². The number of halogens is 1. The zero-order valence-corrected chi connectivity index (χ0v) is 17.2. The van der Waals surface area contributed by atoms with Crippen LogP contribution in [0.1, 0.15) is 16.7 Å². The van der Waals surface area contributed by atoms with E-state index in [-0.39, 0.29) is 6.61 Å². The van der Waals surface area contributed by atoms with E-state index in [0.717, 1.165) is 26.9 Å². The first-order valence-corrected chi connectivity index (χ1v) is 9.73. The molecule has 1 aromatic heterocycles. The summed E-state index contributed by atoms with van der Waals surface area (Å²) in [7, 11) is 0. The minimum absolute atomic E-state index is 0.296. The van der Waals surface area contributed by atoms with Gasteiger partial charge in [0.05, 0.1) is 10.2 Å². The van der Waals surface area contributed by atoms with Crippen LogP contribution in [0.3, 0.4) is 0 Å². The second-order valence-electron chi connectivity index (χ2n) is 6.35. The average molecular weight is 419 g/mol. The smallest absolute Gasteiger partial charge is 0.344 e. The van der Waals surface area contributed by atoms with Crippen LogP contribution in [0.25, 0.3) is 10.2 Å². The molecule has 3 rings (SSSR count). The Balaban J connectivity index is 1.50. The lowest BCUT2D eigenvalue weighted by molar-refractivity contribution is -0.149. The molecule has 146 valence electrons. The molecule has 0 fully saturated rings. The predicted octanol–water partition coefficient (Wildman–Crippen LogP) is 4.44. The number of anilines is 1. The molecule has 0 aliphatic rings. The van der Waals surface area contributed by atoms with Gasteiger partial charge in [-0.1, -0.05) is 29.0 Å². The Morgan fingerprint density at radius 1 is 1.11 bits per heavy atom. The molecule has 0 atom stereocenters. The highest BCUT2D eigenvalue weighted by atomic mass is 35.5. The van der Waals surface area contributed by atoms with Crippen molar-refractivity contribution >= 4 is 50.2 Å². The SMILES string of the molecule is Cc1cc(C)c2nc(NC(=O)COC(=O)COc3ccc(Cl)cc3C)sc2c1. The third-order valence-electron chi connectivity index (χ3n) is 3.92. The van der Waals surface area contributed by atoms with Gasteiger partial charge in [-0.25, -0.2) is 9.78 Å². The topological polar surface area (TPSA) is 77.5 Å². The number of aryl methyl sites for hydroxylation is 3. The van der Waals surface area contributed by atoms with Crippen LogP contribution in [-0.2, 0) is 14.3 Å². The van der Waals surface area contributed by atoms with Crippen molar-refractivity contribution in [2.24, 2.45) is 0 Å². The van der Waals surface area contributed by atoms with Gasteiger partial charge in [0.25, 0.3) is 5.91 Å². The van der Waals surface area contributed by atoms with Gasteiger partial charge in [0.1, 0.15) is 5.75 Å². The van der Waals surface area contributed by atoms with Crippen molar-refractivity contribution in [3.8, 4) is 5.75 Å². The highest BCUT2D eigenvalue weighted by molar-refractivity contribution is 7.22. The molecule has 28 heavy (non-hydrogen) atoms. The Morgan fingerprint density at radius 2 is 1.89 bits per heavy atom. The van der Waals surface area contributed by atoms with E-state index >= 15 is 0 Å². The molecule has 1 heterocycles. The number of benzene rings is 2. The van der Waals surface area contributed by atoms with E-state index in [0.29, 0.717) is 15.9 Å². The van der Waals surface area contributed by atoms with E-state index in [1.54, 1.807) is 18.2 Å². The molecular formula is C20H19ClN2O4S. The lowest BCUT2D eigenvalue weighted by atomic mass is 10.1. The molecule has 0 saturated carbocycles. The number of esters is 1. The van der Waals surface area contributed by atoms with Crippen LogP contribution < -0.4 is 10.1 Å². The van der Waals surface area contributed by atoms with Gasteiger partial charge < -0.3 is 9.47 Å². The van der Waals surface area contributed by atoms with E-state index in [2.05, 4.69) is 10.3 Å². The molecule has 3 aromatic rings. The summed E-state index contributed by atoms with van der Waals surface area (Å²) >= 11 is 7.26. The maximum absolute atomic E-state index is 12.0. The molecule has 1 amide bonds. The first kappa shape index (κ1) is 20.1. The third-order valence-corrected chi connectivity index (χ3v) is 5.08. The number of hydrogen-bond donors (Lipinski definition) is 1. The van der Waals surface area contributed by atoms with Gasteiger partial charge in [0, 0.05) is 5.02 Å². The fourth-order valence-corrected chi connectivity index (χ4v) is 3.96. The maximum Gasteiger partial charge on any atom is 0.344 e. The number of aromatic nitrogens is 1. The molecule has 0 saturated heterocycles. The van der Waals surface area contributed by atoms with Crippen LogP contribution in [0.4, 0.5) is 5.13 Å². The standard InChI is InChI=1S/C20H19ClN2O4S/c1-11-6-13(3)19-16(7-11)28-20(23-19)22-17(24)9-27-18(25)10-26-15-5-4-14(21)8-12(15)2/h4-8H,9-10H2,1-3H3,(H,22,23,24). The molecule has 0 aliphatic carbocycles. The minimum atomic E-state index is -0.639. The van der Waals surface area contributed by atoms with Crippen LogP contribution in [0.5, 0.6) is 5.75 Å². The average Bonchev–Trinajstić information content (AvgIpc) is 3.01. The van der Waals surface area contributed by atoms with Crippen LogP contribution in [0.15, 0.2) is 30.3 Å². The van der Waals surface area contributed by atoms with Crippen molar-refractivity contribution in [3.63, 3.8) is 0 Å². The van der Waals surface area contributed by atoms with Crippen LogP contribution in [0, 0.1) is 20.8 Å². The summed E-state index contributed by atoms with van der Waals surface area (Å²) in [5.41, 5.74) is 3.85. The molecular weight excluding hydrogens is 400 g/mol. The van der Waals surface area contributed by atoms with E-state index in [4.69, 9.17) is 21.1 Å². The largest absolute Gasteiger partial charge is 0.482 e. The summed E-state index contributed by atoms with van der Waals surface area (Å²) in [4.78, 5) is 28.3. The van der Waals surface area contributed by atoms with Crippen LogP contribution in [0.2, 0.25) is 5.02 Å². The van der Waals surface area contributed by atoms with Gasteiger partial charge in [-0.05, 0) is 61.7 Å². The van der Waals surface area contributed by atoms with Crippen molar-refractivity contribution in [1.29, 1.82) is 0 Å². The Hall–Kier alpha value is -2.64. The second-order valence-corrected chi connectivity index (χ2v) is 7.82. The number of ether oxygens (including phenoxy) is 2.